The molecule has 1 aliphatic rings. The number of aryl methyl sites for hydroxylation is 1. The van der Waals surface area contributed by atoms with Crippen molar-refractivity contribution in [2.75, 3.05) is 18.5 Å². The van der Waals surface area contributed by atoms with Crippen LogP contribution >= 0.6 is 11.6 Å². The zero-order valence-corrected chi connectivity index (χ0v) is 15.4. The van der Waals surface area contributed by atoms with Crippen LogP contribution in [-0.4, -0.2) is 31.1 Å². The summed E-state index contributed by atoms with van der Waals surface area (Å²) in [6, 6.07) is 14.6. The molecule has 0 radical (unpaired) electrons. The summed E-state index contributed by atoms with van der Waals surface area (Å²) in [6.07, 6.45) is 2.15. The van der Waals surface area contributed by atoms with Crippen molar-refractivity contribution in [3.8, 4) is 0 Å². The Morgan fingerprint density at radius 3 is 2.58 bits per heavy atom. The number of hydrogen-bond donors (Lipinski definition) is 2. The first-order valence-electron chi connectivity index (χ1n) is 8.67. The van der Waals surface area contributed by atoms with Gasteiger partial charge >= 0.3 is 0 Å². The van der Waals surface area contributed by atoms with Crippen LogP contribution < -0.4 is 10.6 Å². The normalized spacial score (nSPS) is 17.2. The second-order valence-electron chi connectivity index (χ2n) is 6.28. The van der Waals surface area contributed by atoms with E-state index in [0.717, 1.165) is 25.1 Å². The average Bonchev–Trinajstić information content (AvgIpc) is 3.15. The van der Waals surface area contributed by atoms with Crippen LogP contribution in [0.5, 0.6) is 0 Å². The van der Waals surface area contributed by atoms with Crippen LogP contribution in [0.25, 0.3) is 0 Å². The molecule has 5 nitrogen and oxygen atoms in total. The number of ether oxygens (including phenoxy) is 1. The Morgan fingerprint density at radius 1 is 1.19 bits per heavy atom. The number of aliphatic imine (C=N–C) groups is 1. The molecule has 1 amide bonds. The van der Waals surface area contributed by atoms with Crippen LogP contribution in [0.4, 0.5) is 5.69 Å². The molecule has 0 bridgehead atoms. The summed E-state index contributed by atoms with van der Waals surface area (Å²) >= 11 is 5.88. The van der Waals surface area contributed by atoms with Crippen molar-refractivity contribution in [3.63, 3.8) is 0 Å². The van der Waals surface area contributed by atoms with Gasteiger partial charge in [-0.2, -0.15) is 0 Å². The Kier molecular flexibility index (Phi) is 6.26. The first-order valence-corrected chi connectivity index (χ1v) is 9.04. The molecular formula is C20H22ClN3O2. The van der Waals surface area contributed by atoms with Crippen LogP contribution in [0, 0.1) is 6.92 Å². The maximum atomic E-state index is 12.5. The SMILES string of the molecule is Cc1ccc(NC(=NC[C@@H]2CCCO2)NC(=O)c2ccc(Cl)cc2)cc1. The van der Waals surface area contributed by atoms with Crippen molar-refractivity contribution in [2.24, 2.45) is 4.99 Å². The zero-order valence-electron chi connectivity index (χ0n) is 14.7. The second-order valence-corrected chi connectivity index (χ2v) is 6.71. The van der Waals surface area contributed by atoms with E-state index >= 15 is 0 Å². The van der Waals surface area contributed by atoms with Crippen molar-refractivity contribution in [3.05, 3.63) is 64.7 Å². The minimum atomic E-state index is -0.243. The minimum Gasteiger partial charge on any atom is -0.376 e. The Balaban J connectivity index is 1.72. The topological polar surface area (TPSA) is 62.7 Å². The van der Waals surface area contributed by atoms with Gasteiger partial charge in [0.05, 0.1) is 12.6 Å². The van der Waals surface area contributed by atoms with E-state index in [2.05, 4.69) is 15.6 Å². The molecule has 1 saturated heterocycles. The number of carbonyl (C=O) groups excluding carboxylic acids is 1. The predicted octanol–water partition coefficient (Wildman–Crippen LogP) is 4.03. The molecule has 0 aliphatic carbocycles. The first kappa shape index (κ1) is 18.4. The number of amides is 1. The average molecular weight is 372 g/mol. The van der Waals surface area contributed by atoms with Gasteiger partial charge in [-0.3, -0.25) is 10.1 Å². The molecule has 2 N–H and O–H groups in total. The van der Waals surface area contributed by atoms with E-state index in [-0.39, 0.29) is 12.0 Å². The molecule has 26 heavy (non-hydrogen) atoms. The Labute approximate surface area is 158 Å². The van der Waals surface area contributed by atoms with E-state index in [4.69, 9.17) is 16.3 Å². The Morgan fingerprint density at radius 2 is 1.92 bits per heavy atom. The van der Waals surface area contributed by atoms with Crippen LogP contribution in [-0.2, 0) is 4.74 Å². The summed E-state index contributed by atoms with van der Waals surface area (Å²) < 4.78 is 5.61. The molecule has 136 valence electrons. The molecule has 0 saturated carbocycles. The first-order chi connectivity index (χ1) is 12.6. The lowest BCUT2D eigenvalue weighted by Crippen LogP contribution is -2.36. The molecule has 2 aromatic rings. The van der Waals surface area contributed by atoms with Gasteiger partial charge in [-0.15, -0.1) is 0 Å². The molecule has 1 aliphatic heterocycles. The number of halogens is 1. The molecule has 0 aromatic heterocycles. The molecule has 1 atom stereocenters. The van der Waals surface area contributed by atoms with E-state index in [1.54, 1.807) is 24.3 Å². The summed E-state index contributed by atoms with van der Waals surface area (Å²) in [5, 5.41) is 6.61. The number of hydrogen-bond acceptors (Lipinski definition) is 3. The minimum absolute atomic E-state index is 0.109. The van der Waals surface area contributed by atoms with Gasteiger partial charge in [0, 0.05) is 22.9 Å². The Hall–Kier alpha value is -2.37. The lowest BCUT2D eigenvalue weighted by atomic mass is 10.2. The van der Waals surface area contributed by atoms with Crippen molar-refractivity contribution in [1.29, 1.82) is 0 Å². The number of rotatable bonds is 4. The van der Waals surface area contributed by atoms with E-state index in [9.17, 15) is 4.79 Å². The van der Waals surface area contributed by atoms with E-state index in [0.29, 0.717) is 23.1 Å². The number of nitrogens with one attached hydrogen (secondary N) is 2. The number of guanidine groups is 1. The maximum absolute atomic E-state index is 12.5. The third-order valence-electron chi connectivity index (χ3n) is 4.13. The monoisotopic (exact) mass is 371 g/mol. The summed E-state index contributed by atoms with van der Waals surface area (Å²) in [6.45, 7) is 3.31. The lowest BCUT2D eigenvalue weighted by molar-refractivity contribution is 0.0975. The zero-order chi connectivity index (χ0) is 18.4. The maximum Gasteiger partial charge on any atom is 0.257 e. The van der Waals surface area contributed by atoms with Crippen LogP contribution in [0.15, 0.2) is 53.5 Å². The molecule has 0 spiro atoms. The molecular weight excluding hydrogens is 350 g/mol. The predicted molar refractivity (Wildman–Crippen MR) is 105 cm³/mol. The highest BCUT2D eigenvalue weighted by molar-refractivity contribution is 6.30. The van der Waals surface area contributed by atoms with Crippen LogP contribution in [0.1, 0.15) is 28.8 Å². The van der Waals surface area contributed by atoms with Crippen molar-refractivity contribution >= 4 is 29.2 Å². The van der Waals surface area contributed by atoms with E-state index in [1.165, 1.54) is 5.56 Å². The molecule has 2 aromatic carbocycles. The van der Waals surface area contributed by atoms with Crippen LogP contribution in [0.2, 0.25) is 5.02 Å². The number of nitrogens with zero attached hydrogens (tertiary/aromatic N) is 1. The van der Waals surface area contributed by atoms with Gasteiger partial charge < -0.3 is 10.1 Å². The smallest absolute Gasteiger partial charge is 0.257 e. The molecule has 0 unspecified atom stereocenters. The fraction of sp³-hybridized carbons (Fsp3) is 0.300. The van der Waals surface area contributed by atoms with Crippen molar-refractivity contribution < 1.29 is 9.53 Å². The molecule has 3 rings (SSSR count). The Bertz CT molecular complexity index is 767. The van der Waals surface area contributed by atoms with Crippen molar-refractivity contribution in [2.45, 2.75) is 25.9 Å². The summed E-state index contributed by atoms with van der Waals surface area (Å²) in [4.78, 5) is 17.0. The van der Waals surface area contributed by atoms with Gasteiger partial charge in [-0.05, 0) is 56.2 Å². The van der Waals surface area contributed by atoms with Crippen LogP contribution in [0.3, 0.4) is 0 Å². The fourth-order valence-corrected chi connectivity index (χ4v) is 2.77. The summed E-state index contributed by atoms with van der Waals surface area (Å²) in [5.41, 5.74) is 2.54. The van der Waals surface area contributed by atoms with E-state index in [1.807, 2.05) is 31.2 Å². The largest absolute Gasteiger partial charge is 0.376 e. The molecule has 1 heterocycles. The highest BCUT2D eigenvalue weighted by Gasteiger charge is 2.16. The molecule has 1 fully saturated rings. The molecule has 6 heteroatoms. The number of anilines is 1. The number of carbonyl (C=O) groups is 1. The highest BCUT2D eigenvalue weighted by Crippen LogP contribution is 2.13. The van der Waals surface area contributed by atoms with Gasteiger partial charge in [-0.1, -0.05) is 29.3 Å². The van der Waals surface area contributed by atoms with Crippen molar-refractivity contribution in [1.82, 2.24) is 5.32 Å². The lowest BCUT2D eigenvalue weighted by Gasteiger charge is -2.13. The van der Waals surface area contributed by atoms with Gasteiger partial charge in [0.25, 0.3) is 5.91 Å². The van der Waals surface area contributed by atoms with Gasteiger partial charge in [0.1, 0.15) is 0 Å². The summed E-state index contributed by atoms with van der Waals surface area (Å²) in [7, 11) is 0. The van der Waals surface area contributed by atoms with Gasteiger partial charge in [-0.25, -0.2) is 4.99 Å². The fourth-order valence-electron chi connectivity index (χ4n) is 2.65. The van der Waals surface area contributed by atoms with Gasteiger partial charge in [0.2, 0.25) is 5.96 Å². The highest BCUT2D eigenvalue weighted by atomic mass is 35.5. The van der Waals surface area contributed by atoms with Gasteiger partial charge in [0.15, 0.2) is 0 Å². The standard InChI is InChI=1S/C20H22ClN3O2/c1-14-4-10-17(11-5-14)23-20(22-13-18-3-2-12-26-18)24-19(25)15-6-8-16(21)9-7-15/h4-11,18H,2-3,12-13H2,1H3,(H2,22,23,24,25)/t18-/m0/s1. The number of benzene rings is 2. The summed E-state index contributed by atoms with van der Waals surface area (Å²) in [5.74, 6) is 0.164. The second kappa shape index (κ2) is 8.83. The third kappa shape index (κ3) is 5.31. The van der Waals surface area contributed by atoms with E-state index < -0.39 is 0 Å². The quantitative estimate of drug-likeness (QED) is 0.630. The third-order valence-corrected chi connectivity index (χ3v) is 4.38.